The predicted molar refractivity (Wildman–Crippen MR) is 84.7 cm³/mol. The Morgan fingerprint density at radius 2 is 1.68 bits per heavy atom. The van der Waals surface area contributed by atoms with Crippen LogP contribution in [-0.2, 0) is 9.47 Å². The van der Waals surface area contributed by atoms with Gasteiger partial charge in [0.15, 0.2) is 12.6 Å². The van der Waals surface area contributed by atoms with Gasteiger partial charge < -0.3 is 14.2 Å². The van der Waals surface area contributed by atoms with Crippen LogP contribution >= 0.6 is 0 Å². The minimum absolute atomic E-state index is 0.0144. The molecule has 2 rings (SSSR count). The Morgan fingerprint density at radius 3 is 2.27 bits per heavy atom. The third-order valence-electron chi connectivity index (χ3n) is 3.01. The molecule has 0 atom stereocenters. The summed E-state index contributed by atoms with van der Waals surface area (Å²) in [5.41, 5.74) is 1.41. The highest BCUT2D eigenvalue weighted by atomic mass is 16.7. The molecule has 4 heteroatoms. The van der Waals surface area contributed by atoms with E-state index >= 15 is 0 Å². The number of benzene rings is 2. The van der Waals surface area contributed by atoms with Gasteiger partial charge in [-0.25, -0.2) is 0 Å². The molecule has 2 aromatic carbocycles. The third-order valence-corrected chi connectivity index (χ3v) is 3.01. The summed E-state index contributed by atoms with van der Waals surface area (Å²) in [7, 11) is 3.12. The standard InChI is InChI=1S/C18H18O4/c1-20-13-22-17(18(19)15-6-4-3-5-7-15)12-14-8-10-16(21-2)11-9-14/h3-12H,13H2,1-2H3. The van der Waals surface area contributed by atoms with E-state index in [0.29, 0.717) is 5.56 Å². The molecule has 0 aliphatic heterocycles. The third kappa shape index (κ3) is 4.20. The second-order valence-corrected chi connectivity index (χ2v) is 4.53. The molecule has 0 spiro atoms. The molecule has 0 unspecified atom stereocenters. The fraction of sp³-hybridized carbons (Fsp3) is 0.167. The van der Waals surface area contributed by atoms with Crippen LogP contribution in [0.25, 0.3) is 6.08 Å². The number of hydrogen-bond donors (Lipinski definition) is 0. The Bertz CT molecular complexity index is 630. The fourth-order valence-corrected chi connectivity index (χ4v) is 1.88. The van der Waals surface area contributed by atoms with Gasteiger partial charge in [-0.05, 0) is 23.8 Å². The second-order valence-electron chi connectivity index (χ2n) is 4.53. The van der Waals surface area contributed by atoms with Crippen molar-refractivity contribution in [2.24, 2.45) is 0 Å². The monoisotopic (exact) mass is 298 g/mol. The maximum atomic E-state index is 12.5. The molecule has 0 fully saturated rings. The van der Waals surface area contributed by atoms with Gasteiger partial charge in [-0.2, -0.15) is 0 Å². The van der Waals surface area contributed by atoms with Crippen molar-refractivity contribution in [2.75, 3.05) is 21.0 Å². The van der Waals surface area contributed by atoms with E-state index in [1.165, 1.54) is 7.11 Å². The van der Waals surface area contributed by atoms with Crippen LogP contribution in [0.1, 0.15) is 15.9 Å². The first-order valence-corrected chi connectivity index (χ1v) is 6.82. The van der Waals surface area contributed by atoms with E-state index in [0.717, 1.165) is 11.3 Å². The zero-order chi connectivity index (χ0) is 15.8. The largest absolute Gasteiger partial charge is 0.497 e. The number of ether oxygens (including phenoxy) is 3. The van der Waals surface area contributed by atoms with Crippen molar-refractivity contribution < 1.29 is 19.0 Å². The van der Waals surface area contributed by atoms with E-state index in [1.807, 2.05) is 42.5 Å². The van der Waals surface area contributed by atoms with Gasteiger partial charge in [0.25, 0.3) is 0 Å². The van der Waals surface area contributed by atoms with Gasteiger partial charge in [-0.1, -0.05) is 42.5 Å². The summed E-state index contributed by atoms with van der Waals surface area (Å²) in [6.07, 6.45) is 1.69. The van der Waals surface area contributed by atoms with Crippen LogP contribution in [0.15, 0.2) is 60.4 Å². The molecule has 0 amide bonds. The number of ketones is 1. The Balaban J connectivity index is 2.28. The van der Waals surface area contributed by atoms with Crippen molar-refractivity contribution in [3.05, 3.63) is 71.5 Å². The average Bonchev–Trinajstić information content (AvgIpc) is 2.59. The summed E-state index contributed by atoms with van der Waals surface area (Å²) in [6.45, 7) is 0.0144. The normalized spacial score (nSPS) is 11.1. The molecule has 0 radical (unpaired) electrons. The van der Waals surface area contributed by atoms with Crippen LogP contribution in [0.3, 0.4) is 0 Å². The van der Waals surface area contributed by atoms with E-state index in [-0.39, 0.29) is 18.3 Å². The summed E-state index contributed by atoms with van der Waals surface area (Å²) >= 11 is 0. The first kappa shape index (κ1) is 15.8. The zero-order valence-electron chi connectivity index (χ0n) is 12.6. The van der Waals surface area contributed by atoms with Gasteiger partial charge in [-0.15, -0.1) is 0 Å². The van der Waals surface area contributed by atoms with Crippen LogP contribution < -0.4 is 4.74 Å². The molecule has 4 nitrogen and oxygen atoms in total. The quantitative estimate of drug-likeness (QED) is 0.339. The Kier molecular flexibility index (Phi) is 5.74. The maximum absolute atomic E-state index is 12.5. The fourth-order valence-electron chi connectivity index (χ4n) is 1.88. The molecule has 0 bridgehead atoms. The van der Waals surface area contributed by atoms with Crippen LogP contribution in [0, 0.1) is 0 Å². The number of allylic oxidation sites excluding steroid dienone is 1. The Hall–Kier alpha value is -2.59. The first-order valence-electron chi connectivity index (χ1n) is 6.82. The molecule has 0 N–H and O–H groups in total. The topological polar surface area (TPSA) is 44.8 Å². The van der Waals surface area contributed by atoms with Crippen molar-refractivity contribution in [1.29, 1.82) is 0 Å². The zero-order valence-corrected chi connectivity index (χ0v) is 12.6. The molecule has 2 aromatic rings. The molecular weight excluding hydrogens is 280 g/mol. The van der Waals surface area contributed by atoms with Crippen LogP contribution in [0.2, 0.25) is 0 Å². The lowest BCUT2D eigenvalue weighted by molar-refractivity contribution is 0.00627. The van der Waals surface area contributed by atoms with Crippen LogP contribution in [0.4, 0.5) is 0 Å². The molecule has 0 aromatic heterocycles. The van der Waals surface area contributed by atoms with Gasteiger partial charge in [0, 0.05) is 12.7 Å². The van der Waals surface area contributed by atoms with Crippen molar-refractivity contribution in [3.8, 4) is 5.75 Å². The smallest absolute Gasteiger partial charge is 0.227 e. The van der Waals surface area contributed by atoms with Crippen LogP contribution in [0.5, 0.6) is 5.75 Å². The number of carbonyl (C=O) groups is 1. The van der Waals surface area contributed by atoms with Gasteiger partial charge in [0.05, 0.1) is 7.11 Å². The van der Waals surface area contributed by atoms with Crippen molar-refractivity contribution in [1.82, 2.24) is 0 Å². The first-order chi connectivity index (χ1) is 10.7. The second kappa shape index (κ2) is 8.00. The Morgan fingerprint density at radius 1 is 1.00 bits per heavy atom. The van der Waals surface area contributed by atoms with E-state index in [1.54, 1.807) is 25.3 Å². The lowest BCUT2D eigenvalue weighted by Gasteiger charge is -2.09. The summed E-state index contributed by atoms with van der Waals surface area (Å²) in [5, 5.41) is 0. The summed E-state index contributed by atoms with van der Waals surface area (Å²) < 4.78 is 15.4. The number of methoxy groups -OCH3 is 2. The molecular formula is C18H18O4. The molecule has 0 aliphatic carbocycles. The summed E-state index contributed by atoms with van der Waals surface area (Å²) in [4.78, 5) is 12.5. The molecule has 0 saturated heterocycles. The number of hydrogen-bond acceptors (Lipinski definition) is 4. The van der Waals surface area contributed by atoms with Crippen molar-refractivity contribution in [3.63, 3.8) is 0 Å². The molecule has 0 heterocycles. The predicted octanol–water partition coefficient (Wildman–Crippen LogP) is 3.54. The molecule has 114 valence electrons. The highest BCUT2D eigenvalue weighted by Gasteiger charge is 2.13. The molecule has 22 heavy (non-hydrogen) atoms. The van der Waals surface area contributed by atoms with Crippen molar-refractivity contribution >= 4 is 11.9 Å². The van der Waals surface area contributed by atoms with E-state index in [4.69, 9.17) is 14.2 Å². The summed E-state index contributed by atoms with van der Waals surface area (Å²) in [6, 6.07) is 16.4. The van der Waals surface area contributed by atoms with Crippen molar-refractivity contribution in [2.45, 2.75) is 0 Å². The highest BCUT2D eigenvalue weighted by Crippen LogP contribution is 2.17. The van der Waals surface area contributed by atoms with E-state index < -0.39 is 0 Å². The lowest BCUT2D eigenvalue weighted by Crippen LogP contribution is -2.08. The lowest BCUT2D eigenvalue weighted by atomic mass is 10.1. The van der Waals surface area contributed by atoms with Gasteiger partial charge in [0.2, 0.25) is 5.78 Å². The number of carbonyl (C=O) groups excluding carboxylic acids is 1. The van der Waals surface area contributed by atoms with E-state index in [9.17, 15) is 4.79 Å². The SMILES string of the molecule is COCOC(=Cc1ccc(OC)cc1)C(=O)c1ccccc1. The van der Waals surface area contributed by atoms with Gasteiger partial charge >= 0.3 is 0 Å². The average molecular weight is 298 g/mol. The minimum atomic E-state index is -0.187. The summed E-state index contributed by atoms with van der Waals surface area (Å²) in [5.74, 6) is 0.803. The molecule has 0 aliphatic rings. The van der Waals surface area contributed by atoms with E-state index in [2.05, 4.69) is 0 Å². The van der Waals surface area contributed by atoms with Gasteiger partial charge in [0.1, 0.15) is 5.75 Å². The number of Topliss-reactive ketones (excluding diaryl/α,β-unsaturated/α-hetero) is 1. The van der Waals surface area contributed by atoms with Crippen LogP contribution in [-0.4, -0.2) is 26.8 Å². The highest BCUT2D eigenvalue weighted by molar-refractivity contribution is 6.09. The minimum Gasteiger partial charge on any atom is -0.497 e. The maximum Gasteiger partial charge on any atom is 0.227 e. The Labute approximate surface area is 129 Å². The molecule has 0 saturated carbocycles. The number of rotatable bonds is 7. The van der Waals surface area contributed by atoms with Gasteiger partial charge in [-0.3, -0.25) is 4.79 Å².